The zero-order valence-corrected chi connectivity index (χ0v) is 16.4. The van der Waals surface area contributed by atoms with Crippen molar-refractivity contribution in [3.05, 3.63) is 60.3 Å². The number of anilines is 1. The van der Waals surface area contributed by atoms with Gasteiger partial charge in [-0.05, 0) is 50.4 Å². The molecule has 1 fully saturated rings. The van der Waals surface area contributed by atoms with E-state index in [0.29, 0.717) is 4.90 Å². The number of sulfone groups is 1. The first-order chi connectivity index (χ1) is 12.9. The third-order valence-electron chi connectivity index (χ3n) is 5.15. The van der Waals surface area contributed by atoms with Gasteiger partial charge in [-0.2, -0.15) is 0 Å². The van der Waals surface area contributed by atoms with Gasteiger partial charge in [0.2, 0.25) is 9.84 Å². The van der Waals surface area contributed by atoms with Crippen molar-refractivity contribution in [3.63, 3.8) is 0 Å². The zero-order valence-electron chi connectivity index (χ0n) is 15.6. The topological polar surface area (TPSA) is 53.5 Å². The van der Waals surface area contributed by atoms with Gasteiger partial charge in [0.05, 0.1) is 15.3 Å². The van der Waals surface area contributed by atoms with E-state index in [9.17, 15) is 8.42 Å². The van der Waals surface area contributed by atoms with E-state index in [1.165, 1.54) is 6.20 Å². The number of fused-ring (bicyclic) bond motifs is 1. The quantitative estimate of drug-likeness (QED) is 0.698. The Morgan fingerprint density at radius 3 is 2.30 bits per heavy atom. The number of piperazine rings is 1. The van der Waals surface area contributed by atoms with Crippen LogP contribution in [-0.4, -0.2) is 51.5 Å². The monoisotopic (exact) mass is 381 g/mol. The number of rotatable bonds is 3. The van der Waals surface area contributed by atoms with Crippen LogP contribution in [0.25, 0.3) is 10.9 Å². The average molecular weight is 382 g/mol. The van der Waals surface area contributed by atoms with E-state index in [4.69, 9.17) is 0 Å². The van der Waals surface area contributed by atoms with Crippen molar-refractivity contribution in [2.45, 2.75) is 16.7 Å². The summed E-state index contributed by atoms with van der Waals surface area (Å²) >= 11 is 0. The minimum absolute atomic E-state index is 0.231. The molecule has 5 nitrogen and oxygen atoms in total. The fourth-order valence-corrected chi connectivity index (χ4v) is 4.60. The molecular weight excluding hydrogens is 358 g/mol. The Morgan fingerprint density at radius 1 is 0.889 bits per heavy atom. The molecule has 2 aromatic carbocycles. The Balaban J connectivity index is 1.71. The molecule has 6 heteroatoms. The van der Waals surface area contributed by atoms with E-state index >= 15 is 0 Å². The first kappa shape index (κ1) is 17.9. The van der Waals surface area contributed by atoms with Crippen molar-refractivity contribution < 1.29 is 8.42 Å². The smallest absolute Gasteiger partial charge is 0.208 e. The van der Waals surface area contributed by atoms with Crippen LogP contribution in [0.15, 0.2) is 64.5 Å². The second kappa shape index (κ2) is 6.94. The van der Waals surface area contributed by atoms with Gasteiger partial charge >= 0.3 is 0 Å². The Morgan fingerprint density at radius 2 is 1.59 bits per heavy atom. The summed E-state index contributed by atoms with van der Waals surface area (Å²) in [6.07, 6.45) is 1.45. The van der Waals surface area contributed by atoms with Gasteiger partial charge in [0.1, 0.15) is 0 Å². The summed E-state index contributed by atoms with van der Waals surface area (Å²) in [4.78, 5) is 9.55. The van der Waals surface area contributed by atoms with Gasteiger partial charge in [-0.1, -0.05) is 17.7 Å². The van der Waals surface area contributed by atoms with Crippen LogP contribution in [0.4, 0.5) is 5.69 Å². The van der Waals surface area contributed by atoms with Crippen LogP contribution in [0.1, 0.15) is 5.56 Å². The fourth-order valence-electron chi connectivity index (χ4n) is 3.36. The maximum atomic E-state index is 13.0. The van der Waals surface area contributed by atoms with Crippen molar-refractivity contribution >= 4 is 26.4 Å². The lowest BCUT2D eigenvalue weighted by atomic mass is 10.1. The molecule has 1 aliphatic heterocycles. The molecule has 0 amide bonds. The molecule has 140 valence electrons. The Hall–Kier alpha value is -2.44. The highest BCUT2D eigenvalue weighted by atomic mass is 32.2. The third-order valence-corrected chi connectivity index (χ3v) is 6.89. The second-order valence-electron chi connectivity index (χ2n) is 7.15. The normalized spacial score (nSPS) is 16.0. The molecule has 0 saturated carbocycles. The van der Waals surface area contributed by atoms with Gasteiger partial charge in [-0.25, -0.2) is 8.42 Å². The highest BCUT2D eigenvalue weighted by Crippen LogP contribution is 2.27. The number of hydrogen-bond acceptors (Lipinski definition) is 5. The number of nitrogens with zero attached hydrogens (tertiary/aromatic N) is 3. The summed E-state index contributed by atoms with van der Waals surface area (Å²) in [5, 5.41) is 0.847. The van der Waals surface area contributed by atoms with E-state index in [1.807, 2.05) is 31.2 Å². The molecule has 0 radical (unpaired) electrons. The molecule has 1 aromatic heterocycles. The number of pyridine rings is 1. The van der Waals surface area contributed by atoms with E-state index < -0.39 is 9.84 Å². The fraction of sp³-hybridized carbons (Fsp3) is 0.286. The van der Waals surface area contributed by atoms with E-state index in [1.54, 1.807) is 18.2 Å². The molecule has 0 spiro atoms. The predicted octanol–water partition coefficient (Wildman–Crippen LogP) is 3.13. The maximum Gasteiger partial charge on any atom is 0.208 e. The van der Waals surface area contributed by atoms with E-state index in [-0.39, 0.29) is 4.90 Å². The minimum Gasteiger partial charge on any atom is -0.369 e. The van der Waals surface area contributed by atoms with Crippen molar-refractivity contribution in [1.29, 1.82) is 0 Å². The number of aryl methyl sites for hydroxylation is 1. The molecule has 0 N–H and O–H groups in total. The summed E-state index contributed by atoms with van der Waals surface area (Å²) in [6, 6.07) is 14.7. The second-order valence-corrected chi connectivity index (χ2v) is 9.10. The van der Waals surface area contributed by atoms with Crippen LogP contribution in [0.3, 0.4) is 0 Å². The molecular formula is C21H23N3O2S. The molecule has 0 unspecified atom stereocenters. The van der Waals surface area contributed by atoms with Crippen LogP contribution >= 0.6 is 0 Å². The van der Waals surface area contributed by atoms with Gasteiger partial charge in [0, 0.05) is 43.4 Å². The maximum absolute atomic E-state index is 13.0. The number of benzene rings is 2. The van der Waals surface area contributed by atoms with E-state index in [0.717, 1.165) is 48.3 Å². The molecule has 0 atom stereocenters. The zero-order chi connectivity index (χ0) is 19.0. The van der Waals surface area contributed by atoms with Gasteiger partial charge in [0.25, 0.3) is 0 Å². The molecule has 27 heavy (non-hydrogen) atoms. The number of hydrogen-bond donors (Lipinski definition) is 0. The minimum atomic E-state index is -3.57. The highest BCUT2D eigenvalue weighted by Gasteiger charge is 2.19. The molecule has 1 aliphatic rings. The summed E-state index contributed by atoms with van der Waals surface area (Å²) < 4.78 is 25.9. The van der Waals surface area contributed by atoms with Crippen LogP contribution < -0.4 is 4.90 Å². The molecule has 0 aliphatic carbocycles. The van der Waals surface area contributed by atoms with Gasteiger partial charge in [-0.3, -0.25) is 4.98 Å². The largest absolute Gasteiger partial charge is 0.369 e. The first-order valence-electron chi connectivity index (χ1n) is 9.08. The first-order valence-corrected chi connectivity index (χ1v) is 10.6. The van der Waals surface area contributed by atoms with Crippen molar-refractivity contribution in [1.82, 2.24) is 9.88 Å². The lowest BCUT2D eigenvalue weighted by Gasteiger charge is -2.34. The van der Waals surface area contributed by atoms with Crippen molar-refractivity contribution in [2.75, 3.05) is 38.1 Å². The Bertz CT molecular complexity index is 1070. The summed E-state index contributed by atoms with van der Waals surface area (Å²) in [5.74, 6) is 0. The van der Waals surface area contributed by atoms with Crippen LogP contribution in [0.2, 0.25) is 0 Å². The Kier molecular flexibility index (Phi) is 4.61. The summed E-state index contributed by atoms with van der Waals surface area (Å²) in [5.41, 5.74) is 2.94. The van der Waals surface area contributed by atoms with Crippen molar-refractivity contribution in [2.24, 2.45) is 0 Å². The summed E-state index contributed by atoms with van der Waals surface area (Å²) in [7, 11) is -1.45. The molecule has 0 bridgehead atoms. The highest BCUT2D eigenvalue weighted by molar-refractivity contribution is 7.91. The Labute approximate surface area is 160 Å². The number of aromatic nitrogens is 1. The molecule has 1 saturated heterocycles. The SMILES string of the molecule is Cc1ccc(S(=O)(=O)c2cnc3ccc(N4CCN(C)CC4)cc3c2)cc1. The van der Waals surface area contributed by atoms with Crippen molar-refractivity contribution in [3.8, 4) is 0 Å². The van der Waals surface area contributed by atoms with Crippen LogP contribution in [-0.2, 0) is 9.84 Å². The van der Waals surface area contributed by atoms with Gasteiger partial charge < -0.3 is 9.80 Å². The average Bonchev–Trinajstić information content (AvgIpc) is 2.68. The molecule has 3 aromatic rings. The number of likely N-dealkylation sites (N-methyl/N-ethyl adjacent to an activating group) is 1. The lowest BCUT2D eigenvalue weighted by molar-refractivity contribution is 0.313. The van der Waals surface area contributed by atoms with Gasteiger partial charge in [0.15, 0.2) is 0 Å². The van der Waals surface area contributed by atoms with Gasteiger partial charge in [-0.15, -0.1) is 0 Å². The lowest BCUT2D eigenvalue weighted by Crippen LogP contribution is -2.44. The van der Waals surface area contributed by atoms with E-state index in [2.05, 4.69) is 27.9 Å². The van der Waals surface area contributed by atoms with Crippen LogP contribution in [0, 0.1) is 6.92 Å². The van der Waals surface area contributed by atoms with Crippen LogP contribution in [0.5, 0.6) is 0 Å². The summed E-state index contributed by atoms with van der Waals surface area (Å²) in [6.45, 7) is 5.93. The molecule has 2 heterocycles. The molecule has 4 rings (SSSR count). The predicted molar refractivity (Wildman–Crippen MR) is 108 cm³/mol. The standard InChI is InChI=1S/C21H23N3O2S/c1-16-3-6-19(7-4-16)27(25,26)20-14-17-13-18(5-8-21(17)22-15-20)24-11-9-23(2)10-12-24/h3-8,13-15H,9-12H2,1-2H3. The third kappa shape index (κ3) is 3.55.